The molecule has 0 amide bonds. The molecule has 2 N–H and O–H groups in total. The van der Waals surface area contributed by atoms with Crippen molar-refractivity contribution in [2.45, 2.75) is 25.7 Å². The topological polar surface area (TPSA) is 41.5 Å². The SMILES string of the molecule is C=CC(C)NCC(O)COCc1ccc(Cl)cc1. The Morgan fingerprint density at radius 2 is 2.11 bits per heavy atom. The van der Waals surface area contributed by atoms with Gasteiger partial charge in [0.15, 0.2) is 0 Å². The fraction of sp³-hybridized carbons (Fsp3) is 0.429. The first-order valence-corrected chi connectivity index (χ1v) is 6.36. The van der Waals surface area contributed by atoms with E-state index in [0.717, 1.165) is 5.56 Å². The van der Waals surface area contributed by atoms with E-state index >= 15 is 0 Å². The molecule has 3 nitrogen and oxygen atoms in total. The van der Waals surface area contributed by atoms with Crippen molar-refractivity contribution in [3.05, 3.63) is 47.5 Å². The van der Waals surface area contributed by atoms with Crippen molar-refractivity contribution in [2.75, 3.05) is 13.2 Å². The van der Waals surface area contributed by atoms with Gasteiger partial charge in [-0.2, -0.15) is 0 Å². The predicted molar refractivity (Wildman–Crippen MR) is 74.8 cm³/mol. The fourth-order valence-electron chi connectivity index (χ4n) is 1.36. The van der Waals surface area contributed by atoms with Crippen LogP contribution in [0.1, 0.15) is 12.5 Å². The van der Waals surface area contributed by atoms with E-state index < -0.39 is 6.10 Å². The largest absolute Gasteiger partial charge is 0.389 e. The van der Waals surface area contributed by atoms with Crippen LogP contribution in [-0.2, 0) is 11.3 Å². The number of aliphatic hydroxyl groups is 1. The Balaban J connectivity index is 2.17. The Morgan fingerprint density at radius 1 is 1.44 bits per heavy atom. The first kappa shape index (κ1) is 15.2. The summed E-state index contributed by atoms with van der Waals surface area (Å²) in [5.74, 6) is 0. The minimum absolute atomic E-state index is 0.191. The summed E-state index contributed by atoms with van der Waals surface area (Å²) in [4.78, 5) is 0. The summed E-state index contributed by atoms with van der Waals surface area (Å²) in [5.41, 5.74) is 1.04. The normalized spacial score (nSPS) is 14.2. The summed E-state index contributed by atoms with van der Waals surface area (Å²) in [6.07, 6.45) is 1.28. The lowest BCUT2D eigenvalue weighted by Crippen LogP contribution is -2.34. The van der Waals surface area contributed by atoms with E-state index in [1.54, 1.807) is 6.08 Å². The molecule has 0 radical (unpaired) electrons. The van der Waals surface area contributed by atoms with Gasteiger partial charge in [-0.3, -0.25) is 0 Å². The number of halogens is 1. The summed E-state index contributed by atoms with van der Waals surface area (Å²) in [6, 6.07) is 7.66. The van der Waals surface area contributed by atoms with Crippen LogP contribution in [0.4, 0.5) is 0 Å². The molecule has 4 heteroatoms. The van der Waals surface area contributed by atoms with Gasteiger partial charge in [0, 0.05) is 17.6 Å². The van der Waals surface area contributed by atoms with Crippen LogP contribution in [0.2, 0.25) is 5.02 Å². The first-order chi connectivity index (χ1) is 8.61. The molecule has 0 bridgehead atoms. The zero-order valence-corrected chi connectivity index (χ0v) is 11.4. The molecule has 0 heterocycles. The van der Waals surface area contributed by atoms with Crippen LogP contribution in [0.15, 0.2) is 36.9 Å². The van der Waals surface area contributed by atoms with E-state index in [1.807, 2.05) is 31.2 Å². The monoisotopic (exact) mass is 269 g/mol. The lowest BCUT2D eigenvalue weighted by molar-refractivity contribution is 0.0284. The van der Waals surface area contributed by atoms with Crippen molar-refractivity contribution >= 4 is 11.6 Å². The molecule has 0 saturated heterocycles. The summed E-state index contributed by atoms with van der Waals surface area (Å²) in [5, 5.41) is 13.5. The molecule has 0 aliphatic heterocycles. The van der Waals surface area contributed by atoms with Gasteiger partial charge >= 0.3 is 0 Å². The smallest absolute Gasteiger partial charge is 0.0898 e. The molecule has 2 atom stereocenters. The van der Waals surface area contributed by atoms with E-state index in [2.05, 4.69) is 11.9 Å². The molecule has 0 aromatic heterocycles. The Labute approximate surface area is 113 Å². The zero-order valence-electron chi connectivity index (χ0n) is 10.6. The predicted octanol–water partition coefficient (Wildman–Crippen LogP) is 2.38. The average Bonchev–Trinajstić information content (AvgIpc) is 2.38. The van der Waals surface area contributed by atoms with Crippen molar-refractivity contribution in [3.8, 4) is 0 Å². The average molecular weight is 270 g/mol. The number of benzene rings is 1. The molecule has 1 rings (SSSR count). The third kappa shape index (κ3) is 6.17. The second kappa shape index (κ2) is 8.27. The van der Waals surface area contributed by atoms with Crippen LogP contribution in [0.25, 0.3) is 0 Å². The Kier molecular flexibility index (Phi) is 6.98. The number of hydrogen-bond acceptors (Lipinski definition) is 3. The van der Waals surface area contributed by atoms with Gasteiger partial charge in [0.1, 0.15) is 0 Å². The molecular formula is C14H20ClNO2. The first-order valence-electron chi connectivity index (χ1n) is 5.98. The van der Waals surface area contributed by atoms with Gasteiger partial charge in [-0.15, -0.1) is 6.58 Å². The highest BCUT2D eigenvalue weighted by Crippen LogP contribution is 2.10. The Hall–Kier alpha value is -0.870. The van der Waals surface area contributed by atoms with Gasteiger partial charge in [-0.05, 0) is 24.6 Å². The second-order valence-electron chi connectivity index (χ2n) is 4.23. The van der Waals surface area contributed by atoms with E-state index in [1.165, 1.54) is 0 Å². The van der Waals surface area contributed by atoms with Crippen LogP contribution in [0, 0.1) is 0 Å². The van der Waals surface area contributed by atoms with Gasteiger partial charge in [0.2, 0.25) is 0 Å². The molecule has 0 aliphatic carbocycles. The highest BCUT2D eigenvalue weighted by molar-refractivity contribution is 6.30. The number of hydrogen-bond donors (Lipinski definition) is 2. The van der Waals surface area contributed by atoms with Crippen LogP contribution >= 0.6 is 11.6 Å². The molecule has 0 spiro atoms. The fourth-order valence-corrected chi connectivity index (χ4v) is 1.48. The maximum absolute atomic E-state index is 9.67. The van der Waals surface area contributed by atoms with E-state index in [4.69, 9.17) is 16.3 Å². The van der Waals surface area contributed by atoms with Crippen LogP contribution in [-0.4, -0.2) is 30.4 Å². The van der Waals surface area contributed by atoms with Gasteiger partial charge in [0.05, 0.1) is 19.3 Å². The third-order valence-electron chi connectivity index (χ3n) is 2.52. The zero-order chi connectivity index (χ0) is 13.4. The van der Waals surface area contributed by atoms with Crippen LogP contribution in [0.3, 0.4) is 0 Å². The van der Waals surface area contributed by atoms with E-state index in [9.17, 15) is 5.11 Å². The minimum Gasteiger partial charge on any atom is -0.389 e. The molecule has 1 aromatic rings. The maximum Gasteiger partial charge on any atom is 0.0898 e. The third-order valence-corrected chi connectivity index (χ3v) is 2.77. The van der Waals surface area contributed by atoms with Crippen molar-refractivity contribution in [2.24, 2.45) is 0 Å². The molecular weight excluding hydrogens is 250 g/mol. The highest BCUT2D eigenvalue weighted by atomic mass is 35.5. The van der Waals surface area contributed by atoms with Gasteiger partial charge in [0.25, 0.3) is 0 Å². The van der Waals surface area contributed by atoms with Crippen molar-refractivity contribution in [1.82, 2.24) is 5.32 Å². The molecule has 18 heavy (non-hydrogen) atoms. The van der Waals surface area contributed by atoms with E-state index in [-0.39, 0.29) is 6.04 Å². The number of rotatable bonds is 8. The molecule has 0 fully saturated rings. The van der Waals surface area contributed by atoms with Crippen LogP contribution in [0.5, 0.6) is 0 Å². The summed E-state index contributed by atoms with van der Waals surface area (Å²) in [6.45, 7) is 6.92. The van der Waals surface area contributed by atoms with Gasteiger partial charge in [-0.25, -0.2) is 0 Å². The number of nitrogens with one attached hydrogen (secondary N) is 1. The maximum atomic E-state index is 9.67. The number of aliphatic hydroxyl groups excluding tert-OH is 1. The summed E-state index contributed by atoms with van der Waals surface area (Å²) >= 11 is 5.78. The minimum atomic E-state index is -0.514. The molecule has 100 valence electrons. The summed E-state index contributed by atoms with van der Waals surface area (Å²) in [7, 11) is 0. The number of ether oxygens (including phenoxy) is 1. The molecule has 1 aromatic carbocycles. The lowest BCUT2D eigenvalue weighted by Gasteiger charge is -2.14. The molecule has 0 saturated carbocycles. The van der Waals surface area contributed by atoms with Crippen LogP contribution < -0.4 is 5.32 Å². The second-order valence-corrected chi connectivity index (χ2v) is 4.66. The van der Waals surface area contributed by atoms with Crippen molar-refractivity contribution < 1.29 is 9.84 Å². The van der Waals surface area contributed by atoms with Crippen molar-refractivity contribution in [1.29, 1.82) is 0 Å². The lowest BCUT2D eigenvalue weighted by atomic mass is 10.2. The van der Waals surface area contributed by atoms with Gasteiger partial charge < -0.3 is 15.2 Å². The standard InChI is InChI=1S/C14H20ClNO2/c1-3-11(2)16-8-14(17)10-18-9-12-4-6-13(15)7-5-12/h3-7,11,14,16-17H,1,8-10H2,2H3. The highest BCUT2D eigenvalue weighted by Gasteiger charge is 2.05. The molecule has 2 unspecified atom stereocenters. The van der Waals surface area contributed by atoms with Crippen molar-refractivity contribution in [3.63, 3.8) is 0 Å². The summed E-state index contributed by atoms with van der Waals surface area (Å²) < 4.78 is 5.43. The Morgan fingerprint density at radius 3 is 2.72 bits per heavy atom. The van der Waals surface area contributed by atoms with Gasteiger partial charge in [-0.1, -0.05) is 29.8 Å². The quantitative estimate of drug-likeness (QED) is 0.712. The van der Waals surface area contributed by atoms with E-state index in [0.29, 0.717) is 24.8 Å². The molecule has 0 aliphatic rings. The Bertz CT molecular complexity index is 353.